The molecule has 0 amide bonds. The van der Waals surface area contributed by atoms with Crippen LogP contribution in [0.1, 0.15) is 19.3 Å². The van der Waals surface area contributed by atoms with Crippen LogP contribution in [0.25, 0.3) is 0 Å². The Labute approximate surface area is 124 Å². The summed E-state index contributed by atoms with van der Waals surface area (Å²) in [5.41, 5.74) is 0.926. The molecule has 0 bridgehead atoms. The Hall–Kier alpha value is -1.26. The molecule has 1 aliphatic rings. The molecular weight excluding hydrogens is 276 g/mol. The zero-order valence-corrected chi connectivity index (χ0v) is 12.4. The van der Waals surface area contributed by atoms with Crippen molar-refractivity contribution in [1.82, 2.24) is 4.90 Å². The van der Waals surface area contributed by atoms with Gasteiger partial charge in [0.1, 0.15) is 0 Å². The molecule has 1 N–H and O–H groups in total. The predicted molar refractivity (Wildman–Crippen MR) is 81.6 cm³/mol. The standard InChI is InChI=1S/C15H21ClN2O2/c16-13-5-1-2-6-14(13)18(10-7-15(19)20)12-11-17-8-3-4-9-17/h1-2,5-6H,3-4,7-12H2,(H,19,20). The third-order valence-corrected chi connectivity index (χ3v) is 3.99. The number of aliphatic carboxylic acids is 1. The summed E-state index contributed by atoms with van der Waals surface area (Å²) < 4.78 is 0. The molecule has 1 fully saturated rings. The van der Waals surface area contributed by atoms with E-state index in [0.29, 0.717) is 11.6 Å². The van der Waals surface area contributed by atoms with E-state index in [-0.39, 0.29) is 6.42 Å². The molecule has 4 nitrogen and oxygen atoms in total. The van der Waals surface area contributed by atoms with Gasteiger partial charge in [0.05, 0.1) is 17.1 Å². The second-order valence-electron chi connectivity index (χ2n) is 5.13. The molecule has 110 valence electrons. The Bertz CT molecular complexity index is 447. The molecule has 0 aliphatic carbocycles. The number of hydrogen-bond acceptors (Lipinski definition) is 3. The maximum absolute atomic E-state index is 10.8. The van der Waals surface area contributed by atoms with Gasteiger partial charge in [-0.05, 0) is 38.1 Å². The second kappa shape index (κ2) is 7.50. The van der Waals surface area contributed by atoms with Gasteiger partial charge in [0.25, 0.3) is 0 Å². The molecule has 20 heavy (non-hydrogen) atoms. The summed E-state index contributed by atoms with van der Waals surface area (Å²) in [6.45, 7) is 4.57. The zero-order valence-electron chi connectivity index (χ0n) is 11.6. The van der Waals surface area contributed by atoms with Gasteiger partial charge in [-0.2, -0.15) is 0 Å². The lowest BCUT2D eigenvalue weighted by Gasteiger charge is -2.27. The highest BCUT2D eigenvalue weighted by Gasteiger charge is 2.15. The minimum atomic E-state index is -0.775. The molecule has 1 aliphatic heterocycles. The quantitative estimate of drug-likeness (QED) is 0.840. The van der Waals surface area contributed by atoms with Crippen molar-refractivity contribution >= 4 is 23.3 Å². The lowest BCUT2D eigenvalue weighted by molar-refractivity contribution is -0.136. The summed E-state index contributed by atoms with van der Waals surface area (Å²) >= 11 is 6.23. The molecule has 0 spiro atoms. The SMILES string of the molecule is O=C(O)CCN(CCN1CCCC1)c1ccccc1Cl. The van der Waals surface area contributed by atoms with Crippen LogP contribution in [0, 0.1) is 0 Å². The van der Waals surface area contributed by atoms with Crippen LogP contribution in [0.5, 0.6) is 0 Å². The van der Waals surface area contributed by atoms with Crippen molar-refractivity contribution in [2.75, 3.05) is 37.6 Å². The monoisotopic (exact) mass is 296 g/mol. The average molecular weight is 297 g/mol. The van der Waals surface area contributed by atoms with E-state index in [1.165, 1.54) is 12.8 Å². The maximum atomic E-state index is 10.8. The molecule has 0 saturated carbocycles. The fourth-order valence-corrected chi connectivity index (χ4v) is 2.82. The minimum absolute atomic E-state index is 0.130. The fraction of sp³-hybridized carbons (Fsp3) is 0.533. The summed E-state index contributed by atoms with van der Waals surface area (Å²) in [5.74, 6) is -0.775. The first-order valence-electron chi connectivity index (χ1n) is 7.10. The molecule has 0 unspecified atom stereocenters. The van der Waals surface area contributed by atoms with Crippen LogP contribution in [0.3, 0.4) is 0 Å². The molecule has 1 saturated heterocycles. The first-order chi connectivity index (χ1) is 9.66. The Balaban J connectivity index is 1.99. The first-order valence-corrected chi connectivity index (χ1v) is 7.48. The number of nitrogens with zero attached hydrogens (tertiary/aromatic N) is 2. The Morgan fingerprint density at radius 3 is 2.60 bits per heavy atom. The fourth-order valence-electron chi connectivity index (χ4n) is 2.56. The third kappa shape index (κ3) is 4.39. The van der Waals surface area contributed by atoms with E-state index >= 15 is 0 Å². The Morgan fingerprint density at radius 1 is 1.25 bits per heavy atom. The molecule has 5 heteroatoms. The summed E-state index contributed by atoms with van der Waals surface area (Å²) in [6.07, 6.45) is 2.66. The summed E-state index contributed by atoms with van der Waals surface area (Å²) in [4.78, 5) is 15.3. The molecule has 2 rings (SSSR count). The van der Waals surface area contributed by atoms with Gasteiger partial charge in [-0.1, -0.05) is 23.7 Å². The number of likely N-dealkylation sites (tertiary alicyclic amines) is 1. The summed E-state index contributed by atoms with van der Waals surface area (Å²) in [6, 6.07) is 7.63. The van der Waals surface area contributed by atoms with E-state index < -0.39 is 5.97 Å². The third-order valence-electron chi connectivity index (χ3n) is 3.67. The van der Waals surface area contributed by atoms with Gasteiger partial charge in [0, 0.05) is 19.6 Å². The van der Waals surface area contributed by atoms with Gasteiger partial charge in [-0.15, -0.1) is 0 Å². The zero-order chi connectivity index (χ0) is 14.4. The van der Waals surface area contributed by atoms with Crippen LogP contribution in [0.2, 0.25) is 5.02 Å². The number of para-hydroxylation sites is 1. The van der Waals surface area contributed by atoms with E-state index in [2.05, 4.69) is 9.80 Å². The minimum Gasteiger partial charge on any atom is -0.481 e. The van der Waals surface area contributed by atoms with Crippen molar-refractivity contribution in [3.63, 3.8) is 0 Å². The average Bonchev–Trinajstić information content (AvgIpc) is 2.93. The van der Waals surface area contributed by atoms with Crippen molar-refractivity contribution in [2.24, 2.45) is 0 Å². The van der Waals surface area contributed by atoms with Crippen molar-refractivity contribution < 1.29 is 9.90 Å². The van der Waals surface area contributed by atoms with E-state index in [9.17, 15) is 4.79 Å². The van der Waals surface area contributed by atoms with Gasteiger partial charge in [-0.25, -0.2) is 0 Å². The highest BCUT2D eigenvalue weighted by Crippen LogP contribution is 2.25. The van der Waals surface area contributed by atoms with Crippen molar-refractivity contribution in [3.8, 4) is 0 Å². The topological polar surface area (TPSA) is 43.8 Å². The predicted octanol–water partition coefficient (Wildman–Crippen LogP) is 2.72. The van der Waals surface area contributed by atoms with Crippen molar-refractivity contribution in [1.29, 1.82) is 0 Å². The number of halogens is 1. The molecule has 0 atom stereocenters. The normalized spacial score (nSPS) is 15.4. The van der Waals surface area contributed by atoms with E-state index in [4.69, 9.17) is 16.7 Å². The Morgan fingerprint density at radius 2 is 1.95 bits per heavy atom. The van der Waals surface area contributed by atoms with Crippen LogP contribution in [-0.4, -0.2) is 48.7 Å². The van der Waals surface area contributed by atoms with Gasteiger partial charge < -0.3 is 14.9 Å². The van der Waals surface area contributed by atoms with Crippen LogP contribution >= 0.6 is 11.6 Å². The van der Waals surface area contributed by atoms with Gasteiger partial charge in [0.2, 0.25) is 0 Å². The van der Waals surface area contributed by atoms with Crippen molar-refractivity contribution in [2.45, 2.75) is 19.3 Å². The van der Waals surface area contributed by atoms with Crippen LogP contribution < -0.4 is 4.90 Å². The highest BCUT2D eigenvalue weighted by molar-refractivity contribution is 6.33. The summed E-state index contributed by atoms with van der Waals surface area (Å²) in [5, 5.41) is 9.57. The number of rotatable bonds is 7. The number of benzene rings is 1. The Kier molecular flexibility index (Phi) is 5.68. The number of hydrogen-bond donors (Lipinski definition) is 1. The molecule has 0 aromatic heterocycles. The first kappa shape index (κ1) is 15.1. The van der Waals surface area contributed by atoms with Gasteiger partial charge in [0.15, 0.2) is 0 Å². The molecule has 1 heterocycles. The van der Waals surface area contributed by atoms with Crippen LogP contribution in [0.4, 0.5) is 5.69 Å². The summed E-state index contributed by atoms with van der Waals surface area (Å²) in [7, 11) is 0. The number of anilines is 1. The van der Waals surface area contributed by atoms with Crippen LogP contribution in [0.15, 0.2) is 24.3 Å². The smallest absolute Gasteiger partial charge is 0.305 e. The number of carboxylic acids is 1. The lowest BCUT2D eigenvalue weighted by Crippen LogP contribution is -2.35. The molecule has 0 radical (unpaired) electrons. The maximum Gasteiger partial charge on any atom is 0.305 e. The van der Waals surface area contributed by atoms with Crippen molar-refractivity contribution in [3.05, 3.63) is 29.3 Å². The van der Waals surface area contributed by atoms with E-state index in [1.54, 1.807) is 0 Å². The van der Waals surface area contributed by atoms with E-state index in [0.717, 1.165) is 31.9 Å². The largest absolute Gasteiger partial charge is 0.481 e. The van der Waals surface area contributed by atoms with Gasteiger partial charge in [-0.3, -0.25) is 4.79 Å². The second-order valence-corrected chi connectivity index (χ2v) is 5.54. The molecular formula is C15H21ClN2O2. The lowest BCUT2D eigenvalue weighted by atomic mass is 10.2. The van der Waals surface area contributed by atoms with Crippen LogP contribution in [-0.2, 0) is 4.79 Å². The number of carbonyl (C=O) groups is 1. The highest BCUT2D eigenvalue weighted by atomic mass is 35.5. The number of carboxylic acid groups (broad SMARTS) is 1. The molecule has 1 aromatic rings. The van der Waals surface area contributed by atoms with E-state index in [1.807, 2.05) is 24.3 Å². The molecule has 1 aromatic carbocycles. The van der Waals surface area contributed by atoms with Gasteiger partial charge >= 0.3 is 5.97 Å².